The Labute approximate surface area is 126 Å². The predicted octanol–water partition coefficient (Wildman–Crippen LogP) is 2.24. The second kappa shape index (κ2) is 6.53. The molecule has 6 heteroatoms. The first-order valence-corrected chi connectivity index (χ1v) is 6.45. The number of carboxylic acid groups (broad SMARTS) is 1. The second-order valence-electron chi connectivity index (χ2n) is 4.54. The van der Waals surface area contributed by atoms with Crippen molar-refractivity contribution in [3.05, 3.63) is 65.2 Å². The summed E-state index contributed by atoms with van der Waals surface area (Å²) in [5, 5.41) is 22.2. The van der Waals surface area contributed by atoms with Crippen molar-refractivity contribution in [2.75, 3.05) is 0 Å². The quantitative estimate of drug-likeness (QED) is 0.595. The van der Waals surface area contributed by atoms with Crippen LogP contribution in [0.5, 0.6) is 5.75 Å². The van der Waals surface area contributed by atoms with E-state index in [4.69, 9.17) is 5.11 Å². The molecule has 22 heavy (non-hydrogen) atoms. The SMILES string of the molecule is C/C(=N/NC(=O)c1ccccc1C(=O)O)c1ccc(O)cc1. The number of hydrazone groups is 1. The number of amides is 1. The van der Waals surface area contributed by atoms with Crippen molar-refractivity contribution < 1.29 is 19.8 Å². The van der Waals surface area contributed by atoms with Gasteiger partial charge >= 0.3 is 5.97 Å². The minimum atomic E-state index is -1.18. The van der Waals surface area contributed by atoms with Crippen LogP contribution >= 0.6 is 0 Å². The van der Waals surface area contributed by atoms with Gasteiger partial charge in [0.05, 0.1) is 16.8 Å². The molecule has 0 saturated heterocycles. The topological polar surface area (TPSA) is 99.0 Å². The van der Waals surface area contributed by atoms with Gasteiger partial charge in [-0.3, -0.25) is 4.79 Å². The number of hydrogen-bond acceptors (Lipinski definition) is 4. The molecular formula is C16H14N2O4. The fourth-order valence-corrected chi connectivity index (χ4v) is 1.83. The Balaban J connectivity index is 2.17. The van der Waals surface area contributed by atoms with Gasteiger partial charge in [-0.25, -0.2) is 10.2 Å². The molecular weight excluding hydrogens is 284 g/mol. The summed E-state index contributed by atoms with van der Waals surface area (Å²) in [6.07, 6.45) is 0. The zero-order chi connectivity index (χ0) is 16.1. The summed E-state index contributed by atoms with van der Waals surface area (Å²) in [4.78, 5) is 23.1. The number of hydrogen-bond donors (Lipinski definition) is 3. The van der Waals surface area contributed by atoms with E-state index in [0.717, 1.165) is 5.56 Å². The predicted molar refractivity (Wildman–Crippen MR) is 81.2 cm³/mol. The van der Waals surface area contributed by atoms with Gasteiger partial charge in [0.1, 0.15) is 5.75 Å². The third kappa shape index (κ3) is 3.49. The van der Waals surface area contributed by atoms with Gasteiger partial charge in [0.15, 0.2) is 0 Å². The molecule has 0 fully saturated rings. The third-order valence-corrected chi connectivity index (χ3v) is 3.01. The Morgan fingerprint density at radius 2 is 1.59 bits per heavy atom. The molecule has 0 radical (unpaired) electrons. The van der Waals surface area contributed by atoms with Crippen LogP contribution in [0.4, 0.5) is 0 Å². The smallest absolute Gasteiger partial charge is 0.336 e. The molecule has 0 aromatic heterocycles. The van der Waals surface area contributed by atoms with E-state index in [1.165, 1.54) is 24.3 Å². The first-order valence-electron chi connectivity index (χ1n) is 6.45. The van der Waals surface area contributed by atoms with E-state index >= 15 is 0 Å². The summed E-state index contributed by atoms with van der Waals surface area (Å²) in [6.45, 7) is 1.69. The number of nitrogens with one attached hydrogen (secondary N) is 1. The number of benzene rings is 2. The van der Waals surface area contributed by atoms with Crippen molar-refractivity contribution >= 4 is 17.6 Å². The van der Waals surface area contributed by atoms with Gasteiger partial charge < -0.3 is 10.2 Å². The lowest BCUT2D eigenvalue weighted by Gasteiger charge is -2.05. The summed E-state index contributed by atoms with van der Waals surface area (Å²) in [6, 6.07) is 12.2. The Morgan fingerprint density at radius 1 is 1.00 bits per heavy atom. The summed E-state index contributed by atoms with van der Waals surface area (Å²) in [7, 11) is 0. The summed E-state index contributed by atoms with van der Waals surface area (Å²) in [5.41, 5.74) is 3.54. The fourth-order valence-electron chi connectivity index (χ4n) is 1.83. The average molecular weight is 298 g/mol. The van der Waals surface area contributed by atoms with Crippen LogP contribution < -0.4 is 5.43 Å². The number of carbonyl (C=O) groups is 2. The molecule has 0 spiro atoms. The minimum Gasteiger partial charge on any atom is -0.508 e. The maximum Gasteiger partial charge on any atom is 0.336 e. The van der Waals surface area contributed by atoms with Gasteiger partial charge in [-0.15, -0.1) is 0 Å². The fraction of sp³-hybridized carbons (Fsp3) is 0.0625. The zero-order valence-corrected chi connectivity index (χ0v) is 11.8. The lowest BCUT2D eigenvalue weighted by molar-refractivity contribution is 0.0691. The van der Waals surface area contributed by atoms with Crippen LogP contribution in [-0.4, -0.2) is 27.8 Å². The number of aromatic carboxylic acids is 1. The van der Waals surface area contributed by atoms with E-state index in [1.54, 1.807) is 31.2 Å². The second-order valence-corrected chi connectivity index (χ2v) is 4.54. The van der Waals surface area contributed by atoms with Gasteiger partial charge in [-0.1, -0.05) is 12.1 Å². The Kier molecular flexibility index (Phi) is 4.53. The van der Waals surface area contributed by atoms with E-state index in [-0.39, 0.29) is 16.9 Å². The Bertz CT molecular complexity index is 736. The van der Waals surface area contributed by atoms with Crippen LogP contribution in [0.3, 0.4) is 0 Å². The lowest BCUT2D eigenvalue weighted by atomic mass is 10.1. The van der Waals surface area contributed by atoms with Crippen LogP contribution in [0.1, 0.15) is 33.2 Å². The molecule has 0 aliphatic rings. The highest BCUT2D eigenvalue weighted by molar-refractivity contribution is 6.05. The maximum absolute atomic E-state index is 12.0. The number of phenolic OH excluding ortho intramolecular Hbond substituents is 1. The van der Waals surface area contributed by atoms with Crippen molar-refractivity contribution in [3.8, 4) is 5.75 Å². The summed E-state index contributed by atoms with van der Waals surface area (Å²) < 4.78 is 0. The van der Waals surface area contributed by atoms with Crippen molar-refractivity contribution in [2.45, 2.75) is 6.92 Å². The molecule has 1 amide bonds. The highest BCUT2D eigenvalue weighted by atomic mass is 16.4. The minimum absolute atomic E-state index is 0.0391. The van der Waals surface area contributed by atoms with Crippen molar-refractivity contribution in [1.82, 2.24) is 5.43 Å². The summed E-state index contributed by atoms with van der Waals surface area (Å²) >= 11 is 0. The first-order chi connectivity index (χ1) is 10.5. The van der Waals surface area contributed by atoms with E-state index in [1.807, 2.05) is 0 Å². The lowest BCUT2D eigenvalue weighted by Crippen LogP contribution is -2.22. The molecule has 2 aromatic rings. The van der Waals surface area contributed by atoms with Crippen LogP contribution in [0.2, 0.25) is 0 Å². The van der Waals surface area contributed by atoms with Crippen LogP contribution in [0, 0.1) is 0 Å². The van der Waals surface area contributed by atoms with Gasteiger partial charge in [0, 0.05) is 0 Å². The number of rotatable bonds is 4. The molecule has 0 heterocycles. The first kappa shape index (κ1) is 15.2. The molecule has 2 aromatic carbocycles. The van der Waals surface area contributed by atoms with Gasteiger partial charge in [-0.05, 0) is 48.9 Å². The number of aromatic hydroxyl groups is 1. The molecule has 112 valence electrons. The molecule has 2 rings (SSSR count). The average Bonchev–Trinajstić information content (AvgIpc) is 2.53. The Hall–Kier alpha value is -3.15. The number of carboxylic acids is 1. The molecule has 0 aliphatic carbocycles. The third-order valence-electron chi connectivity index (χ3n) is 3.01. The van der Waals surface area contributed by atoms with Crippen molar-refractivity contribution in [3.63, 3.8) is 0 Å². The van der Waals surface area contributed by atoms with E-state index < -0.39 is 11.9 Å². The highest BCUT2D eigenvalue weighted by Crippen LogP contribution is 2.11. The molecule has 0 saturated carbocycles. The molecule has 0 bridgehead atoms. The monoisotopic (exact) mass is 298 g/mol. The molecule has 3 N–H and O–H groups in total. The van der Waals surface area contributed by atoms with E-state index in [9.17, 15) is 14.7 Å². The van der Waals surface area contributed by atoms with E-state index in [0.29, 0.717) is 5.71 Å². The maximum atomic E-state index is 12.0. The molecule has 6 nitrogen and oxygen atoms in total. The van der Waals surface area contributed by atoms with E-state index in [2.05, 4.69) is 10.5 Å². The molecule has 0 unspecified atom stereocenters. The normalized spacial score (nSPS) is 11.0. The molecule has 0 aliphatic heterocycles. The highest BCUT2D eigenvalue weighted by Gasteiger charge is 2.15. The Morgan fingerprint density at radius 3 is 2.18 bits per heavy atom. The van der Waals surface area contributed by atoms with Gasteiger partial charge in [0.2, 0.25) is 0 Å². The zero-order valence-electron chi connectivity index (χ0n) is 11.8. The number of phenols is 1. The van der Waals surface area contributed by atoms with Gasteiger partial charge in [-0.2, -0.15) is 5.10 Å². The van der Waals surface area contributed by atoms with Crippen LogP contribution in [0.15, 0.2) is 53.6 Å². The standard InChI is InChI=1S/C16H14N2O4/c1-10(11-6-8-12(19)9-7-11)17-18-15(20)13-4-2-3-5-14(13)16(21)22/h2-9,19H,1H3,(H,18,20)(H,21,22)/b17-10-. The molecule has 0 atom stereocenters. The number of carbonyl (C=O) groups excluding carboxylic acids is 1. The number of nitrogens with zero attached hydrogens (tertiary/aromatic N) is 1. The van der Waals surface area contributed by atoms with Crippen LogP contribution in [0.25, 0.3) is 0 Å². The van der Waals surface area contributed by atoms with Crippen LogP contribution in [-0.2, 0) is 0 Å². The van der Waals surface area contributed by atoms with Crippen molar-refractivity contribution in [1.29, 1.82) is 0 Å². The summed E-state index contributed by atoms with van der Waals surface area (Å²) in [5.74, 6) is -1.64. The largest absolute Gasteiger partial charge is 0.508 e. The van der Waals surface area contributed by atoms with Gasteiger partial charge in [0.25, 0.3) is 5.91 Å². The van der Waals surface area contributed by atoms with Crippen molar-refractivity contribution in [2.24, 2.45) is 5.10 Å².